The zero-order valence-corrected chi connectivity index (χ0v) is 28.7. The number of unbranched alkanes of at least 4 members (excludes halogenated alkanes) is 7. The lowest BCUT2D eigenvalue weighted by Crippen LogP contribution is -2.14. The van der Waals surface area contributed by atoms with Gasteiger partial charge in [0.25, 0.3) is 0 Å². The van der Waals surface area contributed by atoms with Crippen molar-refractivity contribution in [1.82, 2.24) is 0 Å². The maximum Gasteiger partial charge on any atom is 0.339 e. The van der Waals surface area contributed by atoms with Gasteiger partial charge in [-0.15, -0.1) is 0 Å². The number of benzene rings is 3. The Bertz CT molecular complexity index is 1220. The highest BCUT2D eigenvalue weighted by Gasteiger charge is 2.18. The van der Waals surface area contributed by atoms with Crippen LogP contribution < -0.4 is 0 Å². The SMILES string of the molecule is CCCCOC(=O)c1ccccc1C(=O)OCCCC.O=C(CCCCCCCCC(=O)OCc1ccccc1)OCc1ccccc1. The molecule has 0 aliphatic heterocycles. The van der Waals surface area contributed by atoms with Gasteiger partial charge in [0.05, 0.1) is 24.3 Å². The van der Waals surface area contributed by atoms with E-state index in [0.717, 1.165) is 75.3 Å². The van der Waals surface area contributed by atoms with Gasteiger partial charge in [-0.1, -0.05) is 125 Å². The van der Waals surface area contributed by atoms with Gasteiger partial charge in [-0.3, -0.25) is 9.59 Å². The molecule has 0 fully saturated rings. The van der Waals surface area contributed by atoms with Crippen molar-refractivity contribution >= 4 is 23.9 Å². The molecule has 0 spiro atoms. The first-order valence-electron chi connectivity index (χ1n) is 17.3. The van der Waals surface area contributed by atoms with Gasteiger partial charge in [0.2, 0.25) is 0 Å². The Morgan fingerprint density at radius 1 is 0.438 bits per heavy atom. The molecule has 0 heterocycles. The molecule has 0 aliphatic rings. The zero-order valence-electron chi connectivity index (χ0n) is 28.7. The molecule has 0 saturated heterocycles. The van der Waals surface area contributed by atoms with E-state index in [1.54, 1.807) is 24.3 Å². The molecule has 0 N–H and O–H groups in total. The summed E-state index contributed by atoms with van der Waals surface area (Å²) >= 11 is 0. The molecule has 0 unspecified atom stereocenters. The average molecular weight is 661 g/mol. The summed E-state index contributed by atoms with van der Waals surface area (Å²) in [5, 5.41) is 0. The number of hydrogen-bond donors (Lipinski definition) is 0. The first-order valence-corrected chi connectivity index (χ1v) is 17.3. The van der Waals surface area contributed by atoms with Crippen LogP contribution in [0.3, 0.4) is 0 Å². The van der Waals surface area contributed by atoms with Gasteiger partial charge in [-0.25, -0.2) is 9.59 Å². The molecule has 3 rings (SSSR count). The Morgan fingerprint density at radius 3 is 1.17 bits per heavy atom. The lowest BCUT2D eigenvalue weighted by Gasteiger charge is -2.09. The van der Waals surface area contributed by atoms with E-state index in [1.807, 2.05) is 74.5 Å². The number of carbonyl (C=O) groups is 4. The number of carbonyl (C=O) groups excluding carboxylic acids is 4. The molecule has 0 amide bonds. The standard InChI is InChI=1S/C24H30O4.C16H22O4/c25-23(27-19-21-13-7-5-8-14-21)17-11-3-1-2-4-12-18-24(26)28-20-22-15-9-6-10-16-22;1-3-5-11-19-15(17)13-9-7-8-10-14(13)16(18)20-12-6-4-2/h5-10,13-16H,1-4,11-12,17-20H2;7-10H,3-6,11-12H2,1-2H3. The van der Waals surface area contributed by atoms with E-state index in [1.165, 1.54) is 0 Å². The number of ether oxygens (including phenoxy) is 4. The van der Waals surface area contributed by atoms with E-state index in [-0.39, 0.29) is 23.1 Å². The third kappa shape index (κ3) is 18.0. The van der Waals surface area contributed by atoms with E-state index in [2.05, 4.69) is 0 Å². The topological polar surface area (TPSA) is 105 Å². The number of esters is 4. The normalized spacial score (nSPS) is 10.3. The summed E-state index contributed by atoms with van der Waals surface area (Å²) < 4.78 is 20.8. The second kappa shape index (κ2) is 25.6. The fourth-order valence-corrected chi connectivity index (χ4v) is 4.48. The van der Waals surface area contributed by atoms with Crippen LogP contribution in [0.5, 0.6) is 0 Å². The van der Waals surface area contributed by atoms with Crippen molar-refractivity contribution in [3.05, 3.63) is 107 Å². The van der Waals surface area contributed by atoms with Crippen LogP contribution in [0.2, 0.25) is 0 Å². The summed E-state index contributed by atoms with van der Waals surface area (Å²) in [4.78, 5) is 47.3. The summed E-state index contributed by atoms with van der Waals surface area (Å²) in [7, 11) is 0. The predicted octanol–water partition coefficient (Wildman–Crippen LogP) is 9.19. The van der Waals surface area contributed by atoms with Crippen molar-refractivity contribution in [2.75, 3.05) is 13.2 Å². The smallest absolute Gasteiger partial charge is 0.339 e. The first kappa shape index (κ1) is 39.7. The molecule has 0 aliphatic carbocycles. The molecule has 0 aromatic heterocycles. The van der Waals surface area contributed by atoms with Crippen molar-refractivity contribution in [2.24, 2.45) is 0 Å². The van der Waals surface area contributed by atoms with Crippen molar-refractivity contribution in [2.45, 2.75) is 104 Å². The highest BCUT2D eigenvalue weighted by molar-refractivity contribution is 6.03. The van der Waals surface area contributed by atoms with Crippen LogP contribution in [0.15, 0.2) is 84.9 Å². The third-order valence-corrected chi connectivity index (χ3v) is 7.33. The van der Waals surface area contributed by atoms with Crippen LogP contribution in [0.25, 0.3) is 0 Å². The Kier molecular flexibility index (Phi) is 21.2. The minimum atomic E-state index is -0.471. The second-order valence-corrected chi connectivity index (χ2v) is 11.4. The lowest BCUT2D eigenvalue weighted by atomic mass is 10.1. The van der Waals surface area contributed by atoms with Crippen molar-refractivity contribution in [3.63, 3.8) is 0 Å². The van der Waals surface area contributed by atoms with E-state index in [9.17, 15) is 19.2 Å². The van der Waals surface area contributed by atoms with Crippen LogP contribution in [-0.2, 0) is 41.8 Å². The van der Waals surface area contributed by atoms with Crippen LogP contribution in [0.1, 0.15) is 123 Å². The molecule has 3 aromatic carbocycles. The first-order chi connectivity index (χ1) is 23.4. The van der Waals surface area contributed by atoms with Gasteiger partial charge in [-0.05, 0) is 48.9 Å². The fraction of sp³-hybridized carbons (Fsp3) is 0.450. The average Bonchev–Trinajstić information content (AvgIpc) is 3.12. The number of rotatable bonds is 21. The summed E-state index contributed by atoms with van der Waals surface area (Å²) in [6.07, 6.45) is 10.4. The van der Waals surface area contributed by atoms with E-state index in [0.29, 0.717) is 39.3 Å². The summed E-state index contributed by atoms with van der Waals surface area (Å²) in [5.41, 5.74) is 2.56. The van der Waals surface area contributed by atoms with Gasteiger partial charge in [0.1, 0.15) is 13.2 Å². The Labute approximate surface area is 286 Å². The van der Waals surface area contributed by atoms with Crippen LogP contribution in [0.4, 0.5) is 0 Å². The van der Waals surface area contributed by atoms with Gasteiger partial charge in [0, 0.05) is 12.8 Å². The highest BCUT2D eigenvalue weighted by Crippen LogP contribution is 2.13. The minimum absolute atomic E-state index is 0.134. The maximum absolute atomic E-state index is 11.9. The predicted molar refractivity (Wildman–Crippen MR) is 186 cm³/mol. The minimum Gasteiger partial charge on any atom is -0.462 e. The molecule has 0 saturated carbocycles. The second-order valence-electron chi connectivity index (χ2n) is 11.4. The maximum atomic E-state index is 11.9. The summed E-state index contributed by atoms with van der Waals surface area (Å²) in [6, 6.07) is 26.0. The van der Waals surface area contributed by atoms with Crippen molar-refractivity contribution in [3.8, 4) is 0 Å². The largest absolute Gasteiger partial charge is 0.462 e. The molecular weight excluding hydrogens is 608 g/mol. The quantitative estimate of drug-likeness (QED) is 0.0633. The fourth-order valence-electron chi connectivity index (χ4n) is 4.48. The molecular formula is C40H52O8. The van der Waals surface area contributed by atoms with Crippen LogP contribution in [-0.4, -0.2) is 37.1 Å². The third-order valence-electron chi connectivity index (χ3n) is 7.33. The Morgan fingerprint density at radius 2 is 0.792 bits per heavy atom. The van der Waals surface area contributed by atoms with Crippen LogP contribution >= 0.6 is 0 Å². The monoisotopic (exact) mass is 660 g/mol. The lowest BCUT2D eigenvalue weighted by molar-refractivity contribution is -0.146. The summed E-state index contributed by atoms with van der Waals surface area (Å²) in [5.74, 6) is -1.21. The van der Waals surface area contributed by atoms with Gasteiger partial charge >= 0.3 is 23.9 Å². The Hall–Kier alpha value is -4.46. The summed E-state index contributed by atoms with van der Waals surface area (Å²) in [6.45, 7) is 5.48. The molecule has 3 aromatic rings. The molecule has 260 valence electrons. The van der Waals surface area contributed by atoms with E-state index in [4.69, 9.17) is 18.9 Å². The highest BCUT2D eigenvalue weighted by atomic mass is 16.5. The molecule has 0 atom stereocenters. The van der Waals surface area contributed by atoms with Gasteiger partial charge < -0.3 is 18.9 Å². The Balaban J connectivity index is 0.000000353. The molecule has 0 radical (unpaired) electrons. The van der Waals surface area contributed by atoms with Gasteiger partial charge in [-0.2, -0.15) is 0 Å². The van der Waals surface area contributed by atoms with Crippen molar-refractivity contribution in [1.29, 1.82) is 0 Å². The molecule has 0 bridgehead atoms. The molecule has 8 heteroatoms. The zero-order chi connectivity index (χ0) is 34.7. The number of hydrogen-bond acceptors (Lipinski definition) is 8. The van der Waals surface area contributed by atoms with Gasteiger partial charge in [0.15, 0.2) is 0 Å². The van der Waals surface area contributed by atoms with Crippen molar-refractivity contribution < 1.29 is 38.1 Å². The van der Waals surface area contributed by atoms with Crippen LogP contribution in [0, 0.1) is 0 Å². The van der Waals surface area contributed by atoms with E-state index < -0.39 is 11.9 Å². The van der Waals surface area contributed by atoms with E-state index >= 15 is 0 Å². The molecule has 8 nitrogen and oxygen atoms in total. The molecule has 48 heavy (non-hydrogen) atoms.